The van der Waals surface area contributed by atoms with Crippen LogP contribution >= 0.6 is 0 Å². The Bertz CT molecular complexity index is 1050. The number of benzene rings is 1. The Labute approximate surface area is 168 Å². The minimum Gasteiger partial charge on any atom is -0.366 e. The number of hydrogen-bond acceptors (Lipinski definition) is 4. The van der Waals surface area contributed by atoms with Gasteiger partial charge >= 0.3 is 0 Å². The summed E-state index contributed by atoms with van der Waals surface area (Å²) in [6.07, 6.45) is 4.81. The summed E-state index contributed by atoms with van der Waals surface area (Å²) in [7, 11) is 0. The molecule has 2 aromatic heterocycles. The van der Waals surface area contributed by atoms with Gasteiger partial charge in [-0.25, -0.2) is 9.97 Å². The summed E-state index contributed by atoms with van der Waals surface area (Å²) in [6, 6.07) is 7.08. The Hall–Kier alpha value is -3.42. The van der Waals surface area contributed by atoms with Gasteiger partial charge in [0.15, 0.2) is 0 Å². The second-order valence-electron chi connectivity index (χ2n) is 7.45. The van der Waals surface area contributed by atoms with E-state index in [1.165, 1.54) is 0 Å². The molecule has 29 heavy (non-hydrogen) atoms. The summed E-state index contributed by atoms with van der Waals surface area (Å²) >= 11 is 0. The number of rotatable bonds is 5. The lowest BCUT2D eigenvalue weighted by Gasteiger charge is -2.27. The molecule has 4 rings (SSSR count). The molecule has 1 aliphatic rings. The fraction of sp³-hybridized carbons (Fsp3) is 0.333. The molecule has 0 fully saturated rings. The van der Waals surface area contributed by atoms with Crippen molar-refractivity contribution in [3.05, 3.63) is 59.4 Å². The first-order valence-electron chi connectivity index (χ1n) is 9.67. The Morgan fingerprint density at radius 3 is 2.69 bits per heavy atom. The molecule has 2 amide bonds. The van der Waals surface area contributed by atoms with Crippen LogP contribution in [-0.4, -0.2) is 42.8 Å². The number of carbonyl (C=O) groups is 2. The molecule has 0 saturated heterocycles. The van der Waals surface area contributed by atoms with Crippen LogP contribution in [0.4, 0.5) is 0 Å². The van der Waals surface area contributed by atoms with Crippen molar-refractivity contribution in [2.45, 2.75) is 39.3 Å². The van der Waals surface area contributed by atoms with Gasteiger partial charge in [-0.05, 0) is 26.0 Å². The SMILES string of the molecule is Cc1nccn1[C@H](C)CC(=O)N1CCc2nc(-c3ccc(C(N)=O)cc3)[nH]c2C1. The van der Waals surface area contributed by atoms with E-state index < -0.39 is 5.91 Å². The van der Waals surface area contributed by atoms with Gasteiger partial charge in [0.05, 0.1) is 17.9 Å². The molecule has 1 aromatic carbocycles. The number of aryl methyl sites for hydroxylation is 1. The molecule has 150 valence electrons. The number of primary amides is 1. The van der Waals surface area contributed by atoms with E-state index in [-0.39, 0.29) is 11.9 Å². The zero-order valence-electron chi connectivity index (χ0n) is 16.6. The number of carbonyl (C=O) groups excluding carboxylic acids is 2. The van der Waals surface area contributed by atoms with E-state index in [9.17, 15) is 9.59 Å². The van der Waals surface area contributed by atoms with Crippen LogP contribution in [-0.2, 0) is 17.8 Å². The van der Waals surface area contributed by atoms with Crippen molar-refractivity contribution in [3.8, 4) is 11.4 Å². The molecule has 0 radical (unpaired) electrons. The lowest BCUT2D eigenvalue weighted by molar-refractivity contribution is -0.132. The van der Waals surface area contributed by atoms with Crippen molar-refractivity contribution in [1.29, 1.82) is 0 Å². The van der Waals surface area contributed by atoms with Crippen molar-refractivity contribution in [3.63, 3.8) is 0 Å². The number of imidazole rings is 2. The number of aromatic nitrogens is 4. The molecular weight excluding hydrogens is 368 g/mol. The molecule has 3 aromatic rings. The Kier molecular flexibility index (Phi) is 4.92. The number of hydrogen-bond donors (Lipinski definition) is 2. The van der Waals surface area contributed by atoms with E-state index in [1.54, 1.807) is 18.3 Å². The minimum atomic E-state index is -0.454. The van der Waals surface area contributed by atoms with Crippen molar-refractivity contribution < 1.29 is 9.59 Å². The second-order valence-corrected chi connectivity index (χ2v) is 7.45. The fourth-order valence-electron chi connectivity index (χ4n) is 3.77. The van der Waals surface area contributed by atoms with Crippen LogP contribution in [0.1, 0.15) is 47.0 Å². The summed E-state index contributed by atoms with van der Waals surface area (Å²) in [5.74, 6) is 1.32. The summed E-state index contributed by atoms with van der Waals surface area (Å²) in [5, 5.41) is 0. The molecule has 3 heterocycles. The van der Waals surface area contributed by atoms with Crippen molar-refractivity contribution in [2.24, 2.45) is 5.73 Å². The molecule has 8 heteroatoms. The van der Waals surface area contributed by atoms with E-state index >= 15 is 0 Å². The smallest absolute Gasteiger partial charge is 0.248 e. The number of fused-ring (bicyclic) bond motifs is 1. The summed E-state index contributed by atoms with van der Waals surface area (Å²) in [4.78, 5) is 38.2. The highest BCUT2D eigenvalue weighted by atomic mass is 16.2. The standard InChI is InChI=1S/C21H24N6O2/c1-13(27-10-8-23-14(27)2)11-19(28)26-9-7-17-18(12-26)25-21(24-17)16-5-3-15(4-6-16)20(22)29/h3-6,8,10,13H,7,9,11-12H2,1-2H3,(H2,22,29)(H,24,25)/t13-/m1/s1. The Morgan fingerprint density at radius 2 is 2.03 bits per heavy atom. The van der Waals surface area contributed by atoms with Gasteiger partial charge < -0.3 is 20.2 Å². The molecule has 0 bridgehead atoms. The monoisotopic (exact) mass is 392 g/mol. The van der Waals surface area contributed by atoms with Crippen molar-refractivity contribution >= 4 is 11.8 Å². The number of amides is 2. The minimum absolute atomic E-state index is 0.0625. The zero-order chi connectivity index (χ0) is 20.5. The lowest BCUT2D eigenvalue weighted by atomic mass is 10.1. The Balaban J connectivity index is 1.45. The van der Waals surface area contributed by atoms with Gasteiger partial charge in [-0.15, -0.1) is 0 Å². The number of nitrogens with one attached hydrogen (secondary N) is 1. The van der Waals surface area contributed by atoms with Crippen LogP contribution in [0.15, 0.2) is 36.7 Å². The highest BCUT2D eigenvalue weighted by Crippen LogP contribution is 2.24. The Morgan fingerprint density at radius 1 is 1.28 bits per heavy atom. The number of nitrogens with zero attached hydrogens (tertiary/aromatic N) is 4. The van der Waals surface area contributed by atoms with E-state index in [0.717, 1.165) is 35.0 Å². The van der Waals surface area contributed by atoms with Crippen LogP contribution in [0.3, 0.4) is 0 Å². The lowest BCUT2D eigenvalue weighted by Crippen LogP contribution is -2.37. The van der Waals surface area contributed by atoms with Gasteiger partial charge in [0, 0.05) is 48.9 Å². The van der Waals surface area contributed by atoms with Crippen LogP contribution in [0.2, 0.25) is 0 Å². The average Bonchev–Trinajstić information content (AvgIpc) is 3.33. The number of nitrogens with two attached hydrogens (primary N) is 1. The van der Waals surface area contributed by atoms with Crippen LogP contribution in [0.25, 0.3) is 11.4 Å². The quantitative estimate of drug-likeness (QED) is 0.694. The van der Waals surface area contributed by atoms with E-state index in [1.807, 2.05) is 41.6 Å². The third-order valence-electron chi connectivity index (χ3n) is 5.43. The molecule has 0 unspecified atom stereocenters. The van der Waals surface area contributed by atoms with E-state index in [2.05, 4.69) is 15.0 Å². The molecular formula is C21H24N6O2. The van der Waals surface area contributed by atoms with E-state index in [0.29, 0.717) is 25.1 Å². The highest BCUT2D eigenvalue weighted by molar-refractivity contribution is 5.93. The maximum absolute atomic E-state index is 12.8. The van der Waals surface area contributed by atoms with Crippen molar-refractivity contribution in [1.82, 2.24) is 24.4 Å². The molecule has 0 saturated carbocycles. The fourth-order valence-corrected chi connectivity index (χ4v) is 3.77. The van der Waals surface area contributed by atoms with Crippen LogP contribution in [0, 0.1) is 6.92 Å². The molecule has 1 atom stereocenters. The number of aromatic amines is 1. The largest absolute Gasteiger partial charge is 0.366 e. The molecule has 3 N–H and O–H groups in total. The van der Waals surface area contributed by atoms with Gasteiger partial charge in [-0.3, -0.25) is 9.59 Å². The normalized spacial score (nSPS) is 14.5. The molecule has 8 nitrogen and oxygen atoms in total. The second kappa shape index (κ2) is 7.54. The van der Waals surface area contributed by atoms with Crippen molar-refractivity contribution in [2.75, 3.05) is 6.54 Å². The topological polar surface area (TPSA) is 110 Å². The third-order valence-corrected chi connectivity index (χ3v) is 5.43. The van der Waals surface area contributed by atoms with Crippen LogP contribution in [0.5, 0.6) is 0 Å². The first-order valence-corrected chi connectivity index (χ1v) is 9.67. The van der Waals surface area contributed by atoms with Gasteiger partial charge in [0.2, 0.25) is 11.8 Å². The van der Waals surface area contributed by atoms with Gasteiger partial charge in [0.1, 0.15) is 11.6 Å². The molecule has 0 aliphatic carbocycles. The van der Waals surface area contributed by atoms with Gasteiger partial charge in [-0.2, -0.15) is 0 Å². The molecule has 1 aliphatic heterocycles. The number of H-pyrrole nitrogens is 1. The highest BCUT2D eigenvalue weighted by Gasteiger charge is 2.25. The van der Waals surface area contributed by atoms with Crippen LogP contribution < -0.4 is 5.73 Å². The maximum Gasteiger partial charge on any atom is 0.248 e. The summed E-state index contributed by atoms with van der Waals surface area (Å²) in [6.45, 7) is 5.16. The summed E-state index contributed by atoms with van der Waals surface area (Å²) in [5.41, 5.74) is 8.59. The maximum atomic E-state index is 12.8. The van der Waals surface area contributed by atoms with E-state index in [4.69, 9.17) is 5.73 Å². The predicted octanol–water partition coefficient (Wildman–Crippen LogP) is 2.22. The zero-order valence-corrected chi connectivity index (χ0v) is 16.6. The van der Waals surface area contributed by atoms with Gasteiger partial charge in [0.25, 0.3) is 0 Å². The summed E-state index contributed by atoms with van der Waals surface area (Å²) < 4.78 is 2.03. The first kappa shape index (κ1) is 18.9. The predicted molar refractivity (Wildman–Crippen MR) is 108 cm³/mol. The molecule has 0 spiro atoms. The third kappa shape index (κ3) is 3.78. The average molecular weight is 392 g/mol. The van der Waals surface area contributed by atoms with Gasteiger partial charge in [-0.1, -0.05) is 12.1 Å². The first-order chi connectivity index (χ1) is 13.9.